The van der Waals surface area contributed by atoms with Crippen LogP contribution in [0.25, 0.3) is 0 Å². The molecule has 0 aliphatic heterocycles. The summed E-state index contributed by atoms with van der Waals surface area (Å²) in [4.78, 5) is 24.3. The molecule has 2 aromatic carbocycles. The van der Waals surface area contributed by atoms with Crippen molar-refractivity contribution < 1.29 is 23.7 Å². The van der Waals surface area contributed by atoms with Gasteiger partial charge >= 0.3 is 24.0 Å². The first kappa shape index (κ1) is 18.1. The number of rotatable bonds is 7. The van der Waals surface area contributed by atoms with Crippen LogP contribution in [0.15, 0.2) is 54.6 Å². The van der Waals surface area contributed by atoms with Crippen molar-refractivity contribution in [2.75, 3.05) is 14.2 Å². The number of carbonyl (C=O) groups is 1. The van der Waals surface area contributed by atoms with Gasteiger partial charge in [0.15, 0.2) is 0 Å². The minimum atomic E-state index is -0.526. The Morgan fingerprint density at radius 3 is 2.07 bits per heavy atom. The molecule has 1 aromatic heterocycles. The SMILES string of the molecule is COc1nc(OC)nc(Oc2ccccc2C(=O)OCc2ccccc2)n1. The molecular formula is C19H17N3O5. The molecule has 0 unspecified atom stereocenters. The lowest BCUT2D eigenvalue weighted by atomic mass is 10.2. The molecule has 138 valence electrons. The lowest BCUT2D eigenvalue weighted by Crippen LogP contribution is -2.08. The number of carbonyl (C=O) groups excluding carboxylic acids is 1. The highest BCUT2D eigenvalue weighted by Gasteiger charge is 2.17. The third-order valence-corrected chi connectivity index (χ3v) is 3.46. The molecule has 8 heteroatoms. The lowest BCUT2D eigenvalue weighted by Gasteiger charge is -2.10. The first-order chi connectivity index (χ1) is 13.2. The van der Waals surface area contributed by atoms with E-state index in [0.29, 0.717) is 0 Å². The second-order valence-electron chi connectivity index (χ2n) is 5.25. The summed E-state index contributed by atoms with van der Waals surface area (Å²) in [5.41, 5.74) is 1.13. The van der Waals surface area contributed by atoms with Gasteiger partial charge in [0.2, 0.25) is 0 Å². The standard InChI is InChI=1S/C19H17N3O5/c1-24-17-20-18(25-2)22-19(21-17)27-15-11-7-6-10-14(15)16(23)26-12-13-8-4-3-5-9-13/h3-11H,12H2,1-2H3. The molecule has 0 N–H and O–H groups in total. The van der Waals surface area contributed by atoms with Gasteiger partial charge in [0, 0.05) is 0 Å². The summed E-state index contributed by atoms with van der Waals surface area (Å²) in [6.45, 7) is 0.154. The van der Waals surface area contributed by atoms with E-state index in [1.165, 1.54) is 14.2 Å². The van der Waals surface area contributed by atoms with Crippen LogP contribution in [0.3, 0.4) is 0 Å². The molecule has 0 bridgehead atoms. The fourth-order valence-corrected chi connectivity index (χ4v) is 2.17. The predicted octanol–water partition coefficient (Wildman–Crippen LogP) is 3.04. The van der Waals surface area contributed by atoms with Gasteiger partial charge in [-0.2, -0.15) is 0 Å². The number of para-hydroxylation sites is 1. The number of aromatic nitrogens is 3. The van der Waals surface area contributed by atoms with Gasteiger partial charge in [-0.05, 0) is 17.7 Å². The van der Waals surface area contributed by atoms with Crippen molar-refractivity contribution in [2.24, 2.45) is 0 Å². The fraction of sp³-hybridized carbons (Fsp3) is 0.158. The monoisotopic (exact) mass is 367 g/mol. The first-order valence-corrected chi connectivity index (χ1v) is 8.01. The molecule has 0 aliphatic rings. The van der Waals surface area contributed by atoms with Crippen LogP contribution in [-0.4, -0.2) is 35.1 Å². The average molecular weight is 367 g/mol. The van der Waals surface area contributed by atoms with E-state index in [1.54, 1.807) is 24.3 Å². The number of esters is 1. The maximum absolute atomic E-state index is 12.5. The Morgan fingerprint density at radius 2 is 1.41 bits per heavy atom. The van der Waals surface area contributed by atoms with Crippen molar-refractivity contribution >= 4 is 5.97 Å². The Morgan fingerprint density at radius 1 is 0.815 bits per heavy atom. The number of nitrogens with zero attached hydrogens (tertiary/aromatic N) is 3. The lowest BCUT2D eigenvalue weighted by molar-refractivity contribution is 0.0469. The molecule has 0 fully saturated rings. The van der Waals surface area contributed by atoms with E-state index in [2.05, 4.69) is 15.0 Å². The molecular weight excluding hydrogens is 350 g/mol. The Labute approximate surface area is 155 Å². The van der Waals surface area contributed by atoms with Crippen LogP contribution in [0, 0.1) is 0 Å². The third-order valence-electron chi connectivity index (χ3n) is 3.46. The molecule has 0 saturated carbocycles. The summed E-state index contributed by atoms with van der Waals surface area (Å²) in [6, 6.07) is 16.0. The highest BCUT2D eigenvalue weighted by molar-refractivity contribution is 5.92. The minimum absolute atomic E-state index is 0.0287. The Hall–Kier alpha value is -3.68. The largest absolute Gasteiger partial charge is 0.467 e. The molecule has 0 amide bonds. The number of ether oxygens (including phenoxy) is 4. The van der Waals surface area contributed by atoms with E-state index in [9.17, 15) is 4.79 Å². The molecule has 0 aliphatic carbocycles. The van der Waals surface area contributed by atoms with Gasteiger partial charge in [-0.25, -0.2) is 4.79 Å². The zero-order valence-corrected chi connectivity index (χ0v) is 14.8. The fourth-order valence-electron chi connectivity index (χ4n) is 2.17. The van der Waals surface area contributed by atoms with E-state index >= 15 is 0 Å². The molecule has 3 rings (SSSR count). The zero-order chi connectivity index (χ0) is 19.1. The second-order valence-corrected chi connectivity index (χ2v) is 5.25. The van der Waals surface area contributed by atoms with Gasteiger partial charge in [0.1, 0.15) is 17.9 Å². The topological polar surface area (TPSA) is 92.7 Å². The molecule has 8 nitrogen and oxygen atoms in total. The van der Waals surface area contributed by atoms with Crippen LogP contribution in [0.1, 0.15) is 15.9 Å². The summed E-state index contributed by atoms with van der Waals surface area (Å²) in [5.74, 6) is -0.284. The molecule has 3 aromatic rings. The summed E-state index contributed by atoms with van der Waals surface area (Å²) >= 11 is 0. The van der Waals surface area contributed by atoms with Gasteiger partial charge in [-0.1, -0.05) is 42.5 Å². The second kappa shape index (κ2) is 8.61. The van der Waals surface area contributed by atoms with E-state index < -0.39 is 5.97 Å². The number of benzene rings is 2. The van der Waals surface area contributed by atoms with Crippen LogP contribution >= 0.6 is 0 Å². The van der Waals surface area contributed by atoms with Crippen LogP contribution in [0.5, 0.6) is 23.8 Å². The van der Waals surface area contributed by atoms with E-state index in [1.807, 2.05) is 30.3 Å². The Balaban J connectivity index is 1.78. The normalized spacial score (nSPS) is 10.1. The molecule has 27 heavy (non-hydrogen) atoms. The number of hydrogen-bond donors (Lipinski definition) is 0. The molecule has 1 heterocycles. The Kier molecular flexibility index (Phi) is 5.78. The van der Waals surface area contributed by atoms with Crippen molar-refractivity contribution in [3.05, 3.63) is 65.7 Å². The summed E-state index contributed by atoms with van der Waals surface area (Å²) < 4.78 is 21.0. The highest BCUT2D eigenvalue weighted by Crippen LogP contribution is 2.25. The maximum atomic E-state index is 12.5. The molecule has 0 radical (unpaired) electrons. The van der Waals surface area contributed by atoms with Crippen molar-refractivity contribution in [3.63, 3.8) is 0 Å². The first-order valence-electron chi connectivity index (χ1n) is 8.01. The van der Waals surface area contributed by atoms with Gasteiger partial charge in [0.05, 0.1) is 14.2 Å². The van der Waals surface area contributed by atoms with Crippen LogP contribution in [0.2, 0.25) is 0 Å². The molecule has 0 atom stereocenters. The van der Waals surface area contributed by atoms with E-state index in [4.69, 9.17) is 18.9 Å². The van der Waals surface area contributed by atoms with Crippen LogP contribution in [-0.2, 0) is 11.3 Å². The molecule has 0 saturated heterocycles. The maximum Gasteiger partial charge on any atom is 0.342 e. The summed E-state index contributed by atoms with van der Waals surface area (Å²) in [7, 11) is 2.82. The van der Waals surface area contributed by atoms with E-state index in [-0.39, 0.29) is 36.0 Å². The Bertz CT molecular complexity index is 896. The van der Waals surface area contributed by atoms with Crippen molar-refractivity contribution in [1.82, 2.24) is 15.0 Å². The summed E-state index contributed by atoms with van der Waals surface area (Å²) in [6.07, 6.45) is 0. The van der Waals surface area contributed by atoms with Crippen LogP contribution in [0.4, 0.5) is 0 Å². The van der Waals surface area contributed by atoms with Gasteiger partial charge in [-0.15, -0.1) is 15.0 Å². The smallest absolute Gasteiger partial charge is 0.342 e. The van der Waals surface area contributed by atoms with Crippen LogP contribution < -0.4 is 14.2 Å². The third kappa shape index (κ3) is 4.69. The highest BCUT2D eigenvalue weighted by atomic mass is 16.5. The minimum Gasteiger partial charge on any atom is -0.467 e. The average Bonchev–Trinajstić information content (AvgIpc) is 2.72. The van der Waals surface area contributed by atoms with E-state index in [0.717, 1.165) is 5.56 Å². The van der Waals surface area contributed by atoms with Gasteiger partial charge < -0.3 is 18.9 Å². The number of methoxy groups -OCH3 is 2. The predicted molar refractivity (Wildman–Crippen MR) is 95.0 cm³/mol. The van der Waals surface area contributed by atoms with Gasteiger partial charge in [-0.3, -0.25) is 0 Å². The summed E-state index contributed by atoms with van der Waals surface area (Å²) in [5, 5.41) is 0. The molecule has 0 spiro atoms. The van der Waals surface area contributed by atoms with Crippen molar-refractivity contribution in [2.45, 2.75) is 6.61 Å². The van der Waals surface area contributed by atoms with Crippen molar-refractivity contribution in [3.8, 4) is 23.8 Å². The van der Waals surface area contributed by atoms with Gasteiger partial charge in [0.25, 0.3) is 0 Å². The quantitative estimate of drug-likeness (QED) is 0.588. The van der Waals surface area contributed by atoms with Crippen molar-refractivity contribution in [1.29, 1.82) is 0 Å². The number of hydrogen-bond acceptors (Lipinski definition) is 8. The zero-order valence-electron chi connectivity index (χ0n) is 14.8.